The fraction of sp³-hybridized carbons (Fsp3) is 0.500. The Kier molecular flexibility index (Phi) is 3.28. The molecule has 1 N–H and O–H groups in total. The summed E-state index contributed by atoms with van der Waals surface area (Å²) in [6.45, 7) is 5.73. The van der Waals surface area contributed by atoms with Crippen LogP contribution in [0.4, 0.5) is 0 Å². The lowest BCUT2D eigenvalue weighted by Gasteiger charge is -2.18. The normalized spacial score (nSPS) is 18.0. The van der Waals surface area contributed by atoms with E-state index in [1.165, 1.54) is 0 Å². The van der Waals surface area contributed by atoms with Crippen molar-refractivity contribution in [3.05, 3.63) is 28.3 Å². The molecule has 98 valence electrons. The van der Waals surface area contributed by atoms with E-state index in [1.807, 2.05) is 19.9 Å². The molecule has 1 aliphatic rings. The van der Waals surface area contributed by atoms with Gasteiger partial charge in [-0.25, -0.2) is 0 Å². The van der Waals surface area contributed by atoms with Gasteiger partial charge in [-0.1, -0.05) is 18.5 Å². The van der Waals surface area contributed by atoms with Gasteiger partial charge in [0.15, 0.2) is 0 Å². The van der Waals surface area contributed by atoms with Gasteiger partial charge in [-0.3, -0.25) is 4.79 Å². The van der Waals surface area contributed by atoms with Crippen molar-refractivity contribution in [3.8, 4) is 5.75 Å². The topological polar surface area (TPSA) is 46.5 Å². The Hall–Kier alpha value is -1.22. The van der Waals surface area contributed by atoms with E-state index in [-0.39, 0.29) is 5.60 Å². The molecule has 0 saturated heterocycles. The molecule has 0 spiro atoms. The molecule has 1 aromatic rings. The Morgan fingerprint density at radius 3 is 2.83 bits per heavy atom. The van der Waals surface area contributed by atoms with Crippen molar-refractivity contribution in [2.75, 3.05) is 0 Å². The van der Waals surface area contributed by atoms with Crippen molar-refractivity contribution >= 4 is 17.6 Å². The van der Waals surface area contributed by atoms with Crippen LogP contribution >= 0.6 is 11.6 Å². The zero-order chi connectivity index (χ0) is 13.5. The first-order valence-electron chi connectivity index (χ1n) is 6.01. The maximum atomic E-state index is 10.9. The highest BCUT2D eigenvalue weighted by atomic mass is 35.5. The largest absolute Gasteiger partial charge is 0.487 e. The molecule has 1 aliphatic heterocycles. The van der Waals surface area contributed by atoms with Crippen molar-refractivity contribution in [2.24, 2.45) is 5.92 Å². The van der Waals surface area contributed by atoms with Crippen LogP contribution in [0.3, 0.4) is 0 Å². The quantitative estimate of drug-likeness (QED) is 0.915. The van der Waals surface area contributed by atoms with Crippen LogP contribution in [0.2, 0.25) is 5.02 Å². The van der Waals surface area contributed by atoms with Crippen LogP contribution in [-0.4, -0.2) is 16.7 Å². The lowest BCUT2D eigenvalue weighted by molar-refractivity contribution is -0.141. The molecular formula is C14H17ClO3. The van der Waals surface area contributed by atoms with Crippen molar-refractivity contribution in [3.63, 3.8) is 0 Å². The lowest BCUT2D eigenvalue weighted by atomic mass is 9.96. The summed E-state index contributed by atoms with van der Waals surface area (Å²) in [5.41, 5.74) is 1.71. The zero-order valence-corrected chi connectivity index (χ0v) is 11.5. The SMILES string of the molecule is CC(Cc1cc(Cl)cc2c1OC(C)(C)C2)C(=O)O. The van der Waals surface area contributed by atoms with Gasteiger partial charge in [0.1, 0.15) is 11.4 Å². The summed E-state index contributed by atoms with van der Waals surface area (Å²) in [4.78, 5) is 10.9. The number of carboxylic acid groups (broad SMARTS) is 1. The summed E-state index contributed by atoms with van der Waals surface area (Å²) >= 11 is 6.08. The lowest BCUT2D eigenvalue weighted by Crippen LogP contribution is -2.25. The van der Waals surface area contributed by atoms with Crippen LogP contribution in [0.25, 0.3) is 0 Å². The van der Waals surface area contributed by atoms with Crippen molar-refractivity contribution < 1.29 is 14.6 Å². The van der Waals surface area contributed by atoms with Crippen LogP contribution in [0.15, 0.2) is 12.1 Å². The number of benzene rings is 1. The van der Waals surface area contributed by atoms with E-state index in [9.17, 15) is 4.79 Å². The maximum Gasteiger partial charge on any atom is 0.306 e. The molecule has 0 amide bonds. The summed E-state index contributed by atoms with van der Waals surface area (Å²) in [5.74, 6) is -0.432. The Labute approximate surface area is 112 Å². The van der Waals surface area contributed by atoms with E-state index in [0.29, 0.717) is 11.4 Å². The predicted octanol–water partition coefficient (Wildman–Crippen LogP) is 3.32. The van der Waals surface area contributed by atoms with Gasteiger partial charge in [0.2, 0.25) is 0 Å². The molecule has 2 rings (SSSR count). The van der Waals surface area contributed by atoms with Gasteiger partial charge in [0.25, 0.3) is 0 Å². The van der Waals surface area contributed by atoms with Crippen LogP contribution in [0.1, 0.15) is 31.9 Å². The minimum Gasteiger partial charge on any atom is -0.487 e. The molecule has 18 heavy (non-hydrogen) atoms. The fourth-order valence-electron chi connectivity index (χ4n) is 2.31. The molecule has 3 nitrogen and oxygen atoms in total. The molecular weight excluding hydrogens is 252 g/mol. The first-order chi connectivity index (χ1) is 8.28. The third kappa shape index (κ3) is 2.61. The number of halogens is 1. The van der Waals surface area contributed by atoms with Gasteiger partial charge >= 0.3 is 5.97 Å². The molecule has 4 heteroatoms. The van der Waals surface area contributed by atoms with E-state index in [1.54, 1.807) is 13.0 Å². The molecule has 0 saturated carbocycles. The summed E-state index contributed by atoms with van der Waals surface area (Å²) in [7, 11) is 0. The minimum atomic E-state index is -0.805. The Morgan fingerprint density at radius 2 is 2.22 bits per heavy atom. The average molecular weight is 269 g/mol. The summed E-state index contributed by atoms with van der Waals surface area (Å²) in [6, 6.07) is 3.71. The zero-order valence-electron chi connectivity index (χ0n) is 10.8. The van der Waals surface area contributed by atoms with Crippen molar-refractivity contribution in [1.82, 2.24) is 0 Å². The van der Waals surface area contributed by atoms with Crippen LogP contribution in [-0.2, 0) is 17.6 Å². The van der Waals surface area contributed by atoms with E-state index >= 15 is 0 Å². The highest BCUT2D eigenvalue weighted by Gasteiger charge is 2.32. The third-order valence-corrected chi connectivity index (χ3v) is 3.37. The first kappa shape index (κ1) is 13.2. The van der Waals surface area contributed by atoms with Crippen molar-refractivity contribution in [2.45, 2.75) is 39.2 Å². The molecule has 1 atom stereocenters. The number of carboxylic acids is 1. The number of ether oxygens (including phenoxy) is 1. The minimum absolute atomic E-state index is 0.242. The second-order valence-corrected chi connectivity index (χ2v) is 5.97. The predicted molar refractivity (Wildman–Crippen MR) is 70.4 cm³/mol. The molecule has 0 radical (unpaired) electrons. The van der Waals surface area contributed by atoms with Gasteiger partial charge in [-0.15, -0.1) is 0 Å². The number of rotatable bonds is 3. The molecule has 0 aliphatic carbocycles. The van der Waals surface area contributed by atoms with Gasteiger partial charge in [0.05, 0.1) is 5.92 Å². The molecule has 0 aromatic heterocycles. The summed E-state index contributed by atoms with van der Waals surface area (Å²) < 4.78 is 5.91. The van der Waals surface area contributed by atoms with Gasteiger partial charge < -0.3 is 9.84 Å². The third-order valence-electron chi connectivity index (χ3n) is 3.15. The molecule has 0 fully saturated rings. The smallest absolute Gasteiger partial charge is 0.306 e. The first-order valence-corrected chi connectivity index (χ1v) is 6.39. The molecule has 0 bridgehead atoms. The highest BCUT2D eigenvalue weighted by molar-refractivity contribution is 6.30. The number of hydrogen-bond acceptors (Lipinski definition) is 2. The van der Waals surface area contributed by atoms with Gasteiger partial charge in [-0.05, 0) is 43.5 Å². The van der Waals surface area contributed by atoms with E-state index in [0.717, 1.165) is 23.3 Å². The molecule has 1 unspecified atom stereocenters. The van der Waals surface area contributed by atoms with Gasteiger partial charge in [0, 0.05) is 11.4 Å². The second-order valence-electron chi connectivity index (χ2n) is 5.54. The number of carbonyl (C=O) groups is 1. The van der Waals surface area contributed by atoms with E-state index in [4.69, 9.17) is 21.4 Å². The standard InChI is InChI=1S/C14H17ClO3/c1-8(13(16)17)4-9-5-11(15)6-10-7-14(2,3)18-12(9)10/h5-6,8H,4,7H2,1-3H3,(H,16,17). The molecule has 1 aromatic carbocycles. The number of aliphatic carboxylic acids is 1. The summed E-state index contributed by atoms with van der Waals surface area (Å²) in [5, 5.41) is 9.63. The Morgan fingerprint density at radius 1 is 1.56 bits per heavy atom. The summed E-state index contributed by atoms with van der Waals surface area (Å²) in [6.07, 6.45) is 1.24. The second kappa shape index (κ2) is 4.47. The van der Waals surface area contributed by atoms with Crippen LogP contribution in [0, 0.1) is 5.92 Å². The van der Waals surface area contributed by atoms with E-state index in [2.05, 4.69) is 0 Å². The highest BCUT2D eigenvalue weighted by Crippen LogP contribution is 2.40. The molecule has 1 heterocycles. The number of fused-ring (bicyclic) bond motifs is 1. The number of hydrogen-bond donors (Lipinski definition) is 1. The Bertz CT molecular complexity index is 494. The van der Waals surface area contributed by atoms with Crippen LogP contribution < -0.4 is 4.74 Å². The Balaban J connectivity index is 2.35. The van der Waals surface area contributed by atoms with Gasteiger partial charge in [-0.2, -0.15) is 0 Å². The maximum absolute atomic E-state index is 10.9. The average Bonchev–Trinajstić information content (AvgIpc) is 2.52. The van der Waals surface area contributed by atoms with E-state index < -0.39 is 11.9 Å². The fourth-order valence-corrected chi connectivity index (χ4v) is 2.58. The van der Waals surface area contributed by atoms with Crippen LogP contribution in [0.5, 0.6) is 5.75 Å². The van der Waals surface area contributed by atoms with Crippen molar-refractivity contribution in [1.29, 1.82) is 0 Å². The monoisotopic (exact) mass is 268 g/mol.